The molecule has 0 aliphatic rings. The average Bonchev–Trinajstić information content (AvgIpc) is 2.47. The zero-order chi connectivity index (χ0) is 10.3. The van der Waals surface area contributed by atoms with E-state index in [9.17, 15) is 4.39 Å². The van der Waals surface area contributed by atoms with Crippen LogP contribution in [0.25, 0.3) is 5.65 Å². The summed E-state index contributed by atoms with van der Waals surface area (Å²) < 4.78 is 20.4. The number of nitrogens with zero attached hydrogens (tertiary/aromatic N) is 2. The molecule has 0 amide bonds. The van der Waals surface area contributed by atoms with E-state index >= 15 is 0 Å². The Balaban J connectivity index is 2.84. The predicted molar refractivity (Wildman–Crippen MR) is 51.2 cm³/mol. The minimum absolute atomic E-state index is 0.267. The van der Waals surface area contributed by atoms with Crippen molar-refractivity contribution in [1.29, 1.82) is 0 Å². The number of aromatic nitrogens is 2. The fourth-order valence-corrected chi connectivity index (χ4v) is 1.57. The van der Waals surface area contributed by atoms with Crippen LogP contribution in [0.2, 0.25) is 0 Å². The van der Waals surface area contributed by atoms with Crippen molar-refractivity contribution in [2.45, 2.75) is 13.8 Å². The van der Waals surface area contributed by atoms with Crippen molar-refractivity contribution < 1.29 is 9.13 Å². The topological polar surface area (TPSA) is 26.5 Å². The molecule has 74 valence electrons. The summed E-state index contributed by atoms with van der Waals surface area (Å²) in [7, 11) is 1.46. The van der Waals surface area contributed by atoms with Crippen LogP contribution >= 0.6 is 0 Å². The number of pyridine rings is 1. The molecule has 0 fully saturated rings. The van der Waals surface area contributed by atoms with E-state index in [1.807, 2.05) is 6.92 Å². The first-order valence-corrected chi connectivity index (χ1v) is 4.32. The molecule has 0 saturated carbocycles. The van der Waals surface area contributed by atoms with Crippen molar-refractivity contribution in [2.24, 2.45) is 0 Å². The number of halogens is 1. The molecule has 0 saturated heterocycles. The number of rotatable bonds is 1. The van der Waals surface area contributed by atoms with E-state index in [0.29, 0.717) is 5.65 Å². The van der Waals surface area contributed by atoms with E-state index < -0.39 is 5.82 Å². The Labute approximate surface area is 81.1 Å². The van der Waals surface area contributed by atoms with Crippen LogP contribution in [0.5, 0.6) is 5.75 Å². The number of fused-ring (bicyclic) bond motifs is 1. The maximum absolute atomic E-state index is 13.7. The van der Waals surface area contributed by atoms with E-state index in [1.54, 1.807) is 23.7 Å². The number of aryl methyl sites for hydroxylation is 2. The van der Waals surface area contributed by atoms with Gasteiger partial charge < -0.3 is 9.14 Å². The van der Waals surface area contributed by atoms with E-state index in [-0.39, 0.29) is 5.75 Å². The fraction of sp³-hybridized carbons (Fsp3) is 0.300. The molecule has 2 rings (SSSR count). The molecule has 0 aromatic carbocycles. The summed E-state index contributed by atoms with van der Waals surface area (Å²) in [4.78, 5) is 4.07. The first-order valence-electron chi connectivity index (χ1n) is 4.32. The van der Waals surface area contributed by atoms with Gasteiger partial charge in [0.15, 0.2) is 11.4 Å². The van der Waals surface area contributed by atoms with Crippen molar-refractivity contribution in [2.75, 3.05) is 7.11 Å². The lowest BCUT2D eigenvalue weighted by molar-refractivity contribution is 0.383. The lowest BCUT2D eigenvalue weighted by Crippen LogP contribution is -1.97. The Hall–Kier alpha value is -1.58. The van der Waals surface area contributed by atoms with Gasteiger partial charge in [0, 0.05) is 18.0 Å². The van der Waals surface area contributed by atoms with E-state index in [0.717, 1.165) is 11.3 Å². The second-order valence-electron chi connectivity index (χ2n) is 3.27. The first-order chi connectivity index (χ1) is 6.63. The van der Waals surface area contributed by atoms with Crippen molar-refractivity contribution in [3.8, 4) is 5.75 Å². The summed E-state index contributed by atoms with van der Waals surface area (Å²) in [6.07, 6.45) is 3.59. The molecule has 0 N–H and O–H groups in total. The maximum atomic E-state index is 13.7. The number of ether oxygens (including phenoxy) is 1. The summed E-state index contributed by atoms with van der Waals surface area (Å²) in [5.41, 5.74) is 1.86. The standard InChI is InChI=1S/C10H11FN2O/c1-6-4-13-5-7(2)12-10(13)8(11)9(6)14-3/h4-5H,1-3H3. The minimum Gasteiger partial charge on any atom is -0.493 e. The van der Waals surface area contributed by atoms with Gasteiger partial charge in [0.2, 0.25) is 5.82 Å². The number of hydrogen-bond donors (Lipinski definition) is 0. The van der Waals surface area contributed by atoms with Crippen LogP contribution in [0.15, 0.2) is 12.4 Å². The molecule has 2 heterocycles. The van der Waals surface area contributed by atoms with Gasteiger partial charge in [0.1, 0.15) is 0 Å². The molecule has 0 atom stereocenters. The Bertz CT molecular complexity index is 490. The average molecular weight is 194 g/mol. The number of methoxy groups -OCH3 is 1. The Morgan fingerprint density at radius 2 is 2.07 bits per heavy atom. The highest BCUT2D eigenvalue weighted by Crippen LogP contribution is 2.25. The van der Waals surface area contributed by atoms with Crippen molar-refractivity contribution in [3.63, 3.8) is 0 Å². The zero-order valence-corrected chi connectivity index (χ0v) is 8.34. The minimum atomic E-state index is -0.402. The van der Waals surface area contributed by atoms with Crippen molar-refractivity contribution in [3.05, 3.63) is 29.5 Å². The maximum Gasteiger partial charge on any atom is 0.208 e. The highest BCUT2D eigenvalue weighted by Gasteiger charge is 2.13. The molecule has 2 aromatic rings. The lowest BCUT2D eigenvalue weighted by atomic mass is 10.3. The van der Waals surface area contributed by atoms with Gasteiger partial charge in [0.25, 0.3) is 0 Å². The Kier molecular flexibility index (Phi) is 1.91. The van der Waals surface area contributed by atoms with Gasteiger partial charge in [-0.05, 0) is 13.8 Å². The largest absolute Gasteiger partial charge is 0.493 e. The summed E-state index contributed by atoms with van der Waals surface area (Å²) in [6, 6.07) is 0. The first kappa shape index (κ1) is 8.99. The van der Waals surface area contributed by atoms with E-state index in [1.165, 1.54) is 7.11 Å². The fourth-order valence-electron chi connectivity index (χ4n) is 1.57. The smallest absolute Gasteiger partial charge is 0.208 e. The molecule has 14 heavy (non-hydrogen) atoms. The van der Waals surface area contributed by atoms with Crippen LogP contribution in [0.4, 0.5) is 4.39 Å². The highest BCUT2D eigenvalue weighted by molar-refractivity contribution is 5.50. The zero-order valence-electron chi connectivity index (χ0n) is 8.34. The summed E-state index contributed by atoms with van der Waals surface area (Å²) in [6.45, 7) is 3.63. The third-order valence-corrected chi connectivity index (χ3v) is 2.14. The van der Waals surface area contributed by atoms with Gasteiger partial charge in [-0.25, -0.2) is 4.98 Å². The summed E-state index contributed by atoms with van der Waals surface area (Å²) >= 11 is 0. The molecule has 0 spiro atoms. The van der Waals surface area contributed by atoms with Gasteiger partial charge >= 0.3 is 0 Å². The molecule has 0 aliphatic heterocycles. The van der Waals surface area contributed by atoms with Crippen molar-refractivity contribution in [1.82, 2.24) is 9.38 Å². The molecule has 2 aromatic heterocycles. The quantitative estimate of drug-likeness (QED) is 0.695. The monoisotopic (exact) mass is 194 g/mol. The van der Waals surface area contributed by atoms with Gasteiger partial charge in [-0.1, -0.05) is 0 Å². The molecule has 0 radical (unpaired) electrons. The van der Waals surface area contributed by atoms with Crippen LogP contribution in [0.3, 0.4) is 0 Å². The van der Waals surface area contributed by atoms with E-state index in [4.69, 9.17) is 4.74 Å². The highest BCUT2D eigenvalue weighted by atomic mass is 19.1. The van der Waals surface area contributed by atoms with Crippen LogP contribution in [0.1, 0.15) is 11.3 Å². The second-order valence-corrected chi connectivity index (χ2v) is 3.27. The molecule has 0 aliphatic carbocycles. The van der Waals surface area contributed by atoms with Gasteiger partial charge in [-0.3, -0.25) is 0 Å². The van der Waals surface area contributed by atoms with Gasteiger partial charge in [-0.2, -0.15) is 4.39 Å². The molecule has 3 nitrogen and oxygen atoms in total. The third kappa shape index (κ3) is 1.14. The third-order valence-electron chi connectivity index (χ3n) is 2.14. The summed E-state index contributed by atoms with van der Waals surface area (Å²) in [5, 5.41) is 0. The van der Waals surface area contributed by atoms with Crippen LogP contribution < -0.4 is 4.74 Å². The Morgan fingerprint density at radius 1 is 1.36 bits per heavy atom. The van der Waals surface area contributed by atoms with Crippen molar-refractivity contribution >= 4 is 5.65 Å². The molecule has 4 heteroatoms. The summed E-state index contributed by atoms with van der Waals surface area (Å²) in [5.74, 6) is -0.135. The van der Waals surface area contributed by atoms with Crippen LogP contribution in [0, 0.1) is 19.7 Å². The second kappa shape index (κ2) is 2.97. The van der Waals surface area contributed by atoms with Crippen LogP contribution in [-0.4, -0.2) is 16.5 Å². The SMILES string of the molecule is COc1c(C)cn2cc(C)nc2c1F. The molecule has 0 bridgehead atoms. The van der Waals surface area contributed by atoms with Gasteiger partial charge in [0.05, 0.1) is 12.8 Å². The molecular formula is C10H11FN2O. The normalized spacial score (nSPS) is 10.9. The predicted octanol–water partition coefficient (Wildman–Crippen LogP) is 2.10. The number of imidazole rings is 1. The van der Waals surface area contributed by atoms with Gasteiger partial charge in [-0.15, -0.1) is 0 Å². The molecule has 0 unspecified atom stereocenters. The lowest BCUT2D eigenvalue weighted by Gasteiger charge is -2.06. The van der Waals surface area contributed by atoms with Crippen LogP contribution in [-0.2, 0) is 0 Å². The Morgan fingerprint density at radius 3 is 2.71 bits per heavy atom. The van der Waals surface area contributed by atoms with E-state index in [2.05, 4.69) is 4.98 Å². The number of hydrogen-bond acceptors (Lipinski definition) is 2. The molecular weight excluding hydrogens is 183 g/mol.